The van der Waals surface area contributed by atoms with Crippen molar-refractivity contribution in [2.75, 3.05) is 13.1 Å². The third-order valence-corrected chi connectivity index (χ3v) is 3.06. The first-order valence-electron chi connectivity index (χ1n) is 6.00. The monoisotopic (exact) mass is 213 g/mol. The topological polar surface area (TPSA) is 53.1 Å². The normalized spacial score (nSPS) is 18.1. The van der Waals surface area contributed by atoms with Crippen molar-refractivity contribution >= 4 is 5.96 Å². The lowest BCUT2D eigenvalue weighted by Gasteiger charge is -2.38. The van der Waals surface area contributed by atoms with Crippen molar-refractivity contribution in [3.05, 3.63) is 0 Å². The van der Waals surface area contributed by atoms with Gasteiger partial charge in [0.15, 0.2) is 5.96 Å². The summed E-state index contributed by atoms with van der Waals surface area (Å²) in [5.74, 6) is 1.01. The van der Waals surface area contributed by atoms with Crippen molar-refractivity contribution in [2.45, 2.75) is 47.5 Å². The van der Waals surface area contributed by atoms with Gasteiger partial charge < -0.3 is 10.6 Å². The first-order chi connectivity index (χ1) is 6.91. The van der Waals surface area contributed by atoms with Gasteiger partial charge in [-0.15, -0.1) is 0 Å². The van der Waals surface area contributed by atoms with Crippen molar-refractivity contribution in [3.8, 4) is 0 Å². The fourth-order valence-electron chi connectivity index (χ4n) is 1.99. The smallest absolute Gasteiger partial charge is 0.188 e. The highest BCUT2D eigenvalue weighted by molar-refractivity contribution is 5.74. The van der Waals surface area contributed by atoms with Crippen LogP contribution < -0.4 is 5.73 Å². The van der Waals surface area contributed by atoms with E-state index in [4.69, 9.17) is 11.1 Å². The van der Waals surface area contributed by atoms with Gasteiger partial charge in [-0.3, -0.25) is 5.41 Å². The van der Waals surface area contributed by atoms with Gasteiger partial charge in [-0.1, -0.05) is 34.6 Å². The molecule has 15 heavy (non-hydrogen) atoms. The van der Waals surface area contributed by atoms with E-state index in [1.54, 1.807) is 0 Å². The summed E-state index contributed by atoms with van der Waals surface area (Å²) in [6, 6.07) is 0. The Bertz CT molecular complexity index is 186. The highest BCUT2D eigenvalue weighted by Gasteiger charge is 2.28. The van der Waals surface area contributed by atoms with Gasteiger partial charge in [0.25, 0.3) is 0 Å². The molecule has 3 heteroatoms. The van der Waals surface area contributed by atoms with E-state index in [9.17, 15) is 0 Å². The molecule has 0 aromatic heterocycles. The lowest BCUT2D eigenvalue weighted by atomic mass is 9.75. The van der Waals surface area contributed by atoms with Gasteiger partial charge in [0, 0.05) is 13.1 Å². The molecule has 0 bridgehead atoms. The molecule has 0 aliphatic carbocycles. The molecule has 1 heterocycles. The second-order valence-corrected chi connectivity index (χ2v) is 5.01. The minimum atomic E-state index is 0.229. The van der Waals surface area contributed by atoms with Crippen LogP contribution in [0.25, 0.3) is 0 Å². The summed E-state index contributed by atoms with van der Waals surface area (Å²) in [6.45, 7) is 12.8. The van der Waals surface area contributed by atoms with E-state index in [0.29, 0.717) is 5.41 Å². The van der Waals surface area contributed by atoms with E-state index in [0.717, 1.165) is 19.0 Å². The lowest BCUT2D eigenvalue weighted by molar-refractivity contribution is 0.148. The summed E-state index contributed by atoms with van der Waals surface area (Å²) in [6.07, 6.45) is 2.34. The fraction of sp³-hybridized carbons (Fsp3) is 0.917. The molecule has 0 aromatic rings. The Balaban J connectivity index is 0.000000921. The SMILES string of the molecule is CC.CC(C)(C)C1CCN(C(=N)N)CC1. The number of guanidine groups is 1. The second-order valence-electron chi connectivity index (χ2n) is 5.01. The Kier molecular flexibility index (Phi) is 5.69. The van der Waals surface area contributed by atoms with Gasteiger partial charge in [-0.05, 0) is 24.2 Å². The molecular formula is C12H27N3. The van der Waals surface area contributed by atoms with E-state index < -0.39 is 0 Å². The molecule has 1 aliphatic heterocycles. The van der Waals surface area contributed by atoms with Crippen LogP contribution in [-0.2, 0) is 0 Å². The van der Waals surface area contributed by atoms with Crippen molar-refractivity contribution < 1.29 is 0 Å². The molecule has 0 aromatic carbocycles. The molecule has 0 radical (unpaired) electrons. The molecule has 0 unspecified atom stereocenters. The number of rotatable bonds is 0. The van der Waals surface area contributed by atoms with E-state index in [1.165, 1.54) is 12.8 Å². The molecule has 1 rings (SSSR count). The molecule has 90 valence electrons. The van der Waals surface area contributed by atoms with Gasteiger partial charge in [0.1, 0.15) is 0 Å². The lowest BCUT2D eigenvalue weighted by Crippen LogP contribution is -2.44. The van der Waals surface area contributed by atoms with Crippen LogP contribution >= 0.6 is 0 Å². The predicted octanol–water partition coefficient (Wildman–Crippen LogP) is 2.66. The molecule has 3 N–H and O–H groups in total. The van der Waals surface area contributed by atoms with Gasteiger partial charge in [0.05, 0.1) is 0 Å². The van der Waals surface area contributed by atoms with Crippen molar-refractivity contribution in [1.82, 2.24) is 4.90 Å². The van der Waals surface area contributed by atoms with Crippen molar-refractivity contribution in [1.29, 1.82) is 5.41 Å². The first kappa shape index (κ1) is 14.3. The zero-order valence-electron chi connectivity index (χ0n) is 10.9. The maximum absolute atomic E-state index is 7.31. The van der Waals surface area contributed by atoms with Gasteiger partial charge in [-0.25, -0.2) is 0 Å². The van der Waals surface area contributed by atoms with E-state index >= 15 is 0 Å². The molecule has 0 spiro atoms. The first-order valence-corrected chi connectivity index (χ1v) is 6.00. The Labute approximate surface area is 94.5 Å². The number of nitrogens with one attached hydrogen (secondary N) is 1. The van der Waals surface area contributed by atoms with Crippen LogP contribution in [0.3, 0.4) is 0 Å². The van der Waals surface area contributed by atoms with Gasteiger partial charge in [0.2, 0.25) is 0 Å². The molecule has 1 fully saturated rings. The van der Waals surface area contributed by atoms with Crippen LogP contribution in [0.2, 0.25) is 0 Å². The maximum atomic E-state index is 7.31. The van der Waals surface area contributed by atoms with E-state index in [1.807, 2.05) is 18.7 Å². The molecule has 0 saturated carbocycles. The Hall–Kier alpha value is -0.730. The number of hydrogen-bond acceptors (Lipinski definition) is 1. The number of likely N-dealkylation sites (tertiary alicyclic amines) is 1. The summed E-state index contributed by atoms with van der Waals surface area (Å²) in [4.78, 5) is 1.96. The van der Waals surface area contributed by atoms with Crippen molar-refractivity contribution in [2.24, 2.45) is 17.1 Å². The van der Waals surface area contributed by atoms with Crippen LogP contribution in [0.1, 0.15) is 47.5 Å². The highest BCUT2D eigenvalue weighted by atomic mass is 15.2. The number of nitrogens with zero attached hydrogens (tertiary/aromatic N) is 1. The zero-order valence-corrected chi connectivity index (χ0v) is 10.9. The minimum Gasteiger partial charge on any atom is -0.370 e. The number of piperidine rings is 1. The maximum Gasteiger partial charge on any atom is 0.188 e. The zero-order chi connectivity index (χ0) is 12.1. The Morgan fingerprint density at radius 3 is 1.87 bits per heavy atom. The van der Waals surface area contributed by atoms with Crippen LogP contribution in [0, 0.1) is 16.7 Å². The number of nitrogens with two attached hydrogens (primary N) is 1. The number of hydrogen-bond donors (Lipinski definition) is 2. The van der Waals surface area contributed by atoms with Crippen LogP contribution in [0.15, 0.2) is 0 Å². The summed E-state index contributed by atoms with van der Waals surface area (Å²) in [7, 11) is 0. The summed E-state index contributed by atoms with van der Waals surface area (Å²) >= 11 is 0. The average molecular weight is 213 g/mol. The van der Waals surface area contributed by atoms with Gasteiger partial charge >= 0.3 is 0 Å². The predicted molar refractivity (Wildman–Crippen MR) is 67.0 cm³/mol. The van der Waals surface area contributed by atoms with Crippen LogP contribution in [0.4, 0.5) is 0 Å². The third-order valence-electron chi connectivity index (χ3n) is 3.06. The van der Waals surface area contributed by atoms with Gasteiger partial charge in [-0.2, -0.15) is 0 Å². The molecular weight excluding hydrogens is 186 g/mol. The molecule has 3 nitrogen and oxygen atoms in total. The minimum absolute atomic E-state index is 0.229. The van der Waals surface area contributed by atoms with Crippen LogP contribution in [0.5, 0.6) is 0 Å². The Morgan fingerprint density at radius 1 is 1.20 bits per heavy atom. The summed E-state index contributed by atoms with van der Waals surface area (Å²) < 4.78 is 0. The van der Waals surface area contributed by atoms with Crippen molar-refractivity contribution in [3.63, 3.8) is 0 Å². The quantitative estimate of drug-likeness (QED) is 0.480. The van der Waals surface area contributed by atoms with E-state index in [-0.39, 0.29) is 5.96 Å². The molecule has 0 atom stereocenters. The van der Waals surface area contributed by atoms with E-state index in [2.05, 4.69) is 20.8 Å². The molecule has 1 saturated heterocycles. The summed E-state index contributed by atoms with van der Waals surface area (Å²) in [5.41, 5.74) is 5.84. The second kappa shape index (κ2) is 5.99. The standard InChI is InChI=1S/C10H21N3.C2H6/c1-10(2,3)8-4-6-13(7-5-8)9(11)12;1-2/h8H,4-7H2,1-3H3,(H3,11,12);1-2H3. The Morgan fingerprint density at radius 2 is 1.60 bits per heavy atom. The summed E-state index contributed by atoms with van der Waals surface area (Å²) in [5, 5.41) is 7.31. The van der Waals surface area contributed by atoms with Crippen LogP contribution in [-0.4, -0.2) is 23.9 Å². The third kappa shape index (κ3) is 4.54. The highest BCUT2D eigenvalue weighted by Crippen LogP contribution is 2.33. The fourth-order valence-corrected chi connectivity index (χ4v) is 1.99. The largest absolute Gasteiger partial charge is 0.370 e. The molecule has 0 amide bonds. The average Bonchev–Trinajstić information content (AvgIpc) is 2.20. The molecule has 1 aliphatic rings.